The van der Waals surface area contributed by atoms with Gasteiger partial charge in [0.15, 0.2) is 0 Å². The third-order valence-corrected chi connectivity index (χ3v) is 4.73. The number of anilines is 1. The molecule has 0 saturated carbocycles. The fourth-order valence-corrected chi connectivity index (χ4v) is 3.19. The number of ether oxygens (including phenoxy) is 1. The van der Waals surface area contributed by atoms with Crippen molar-refractivity contribution in [3.05, 3.63) is 60.2 Å². The van der Waals surface area contributed by atoms with Crippen LogP contribution in [-0.4, -0.2) is 35.9 Å². The Morgan fingerprint density at radius 2 is 1.93 bits per heavy atom. The largest absolute Gasteiger partial charge is 0.497 e. The molecule has 1 aliphatic heterocycles. The third kappa shape index (κ3) is 4.31. The number of hydrogen-bond donors (Lipinski definition) is 2. The zero-order valence-electron chi connectivity index (χ0n) is 15.8. The smallest absolute Gasteiger partial charge is 0.325 e. The van der Waals surface area contributed by atoms with Crippen molar-refractivity contribution >= 4 is 23.5 Å². The lowest BCUT2D eigenvalue weighted by atomic mass is 10.1. The number of nitrogens with zero attached hydrogens (tertiary/aromatic N) is 1. The topological polar surface area (TPSA) is 87.7 Å². The van der Waals surface area contributed by atoms with Crippen molar-refractivity contribution in [2.45, 2.75) is 31.8 Å². The van der Waals surface area contributed by atoms with Gasteiger partial charge in [-0.15, -0.1) is 0 Å². The standard InChI is InChI=1S/C21H23N3O4/c1-14(15-7-4-3-5-8-15)24-20(26)18(23-21(24)27)11-12-19(25)22-16-9-6-10-17(13-16)28-2/h3-10,13-14,18H,11-12H2,1-2H3,(H,22,25)(H,23,27). The lowest BCUT2D eigenvalue weighted by Crippen LogP contribution is -2.34. The van der Waals surface area contributed by atoms with Crippen molar-refractivity contribution in [3.8, 4) is 5.75 Å². The molecule has 2 aromatic carbocycles. The monoisotopic (exact) mass is 381 g/mol. The minimum absolute atomic E-state index is 0.113. The fourth-order valence-electron chi connectivity index (χ4n) is 3.19. The summed E-state index contributed by atoms with van der Waals surface area (Å²) in [5, 5.41) is 5.45. The first-order valence-corrected chi connectivity index (χ1v) is 9.12. The Morgan fingerprint density at radius 1 is 1.18 bits per heavy atom. The van der Waals surface area contributed by atoms with Gasteiger partial charge in [-0.05, 0) is 31.0 Å². The molecule has 2 atom stereocenters. The van der Waals surface area contributed by atoms with Gasteiger partial charge in [-0.2, -0.15) is 0 Å². The number of imide groups is 1. The van der Waals surface area contributed by atoms with Crippen LogP contribution in [0.15, 0.2) is 54.6 Å². The van der Waals surface area contributed by atoms with E-state index in [4.69, 9.17) is 4.74 Å². The second kappa shape index (κ2) is 8.56. The Labute approximate surface area is 163 Å². The first-order valence-electron chi connectivity index (χ1n) is 9.12. The first-order chi connectivity index (χ1) is 13.5. The Bertz CT molecular complexity index is 869. The molecule has 3 rings (SSSR count). The van der Waals surface area contributed by atoms with Crippen molar-refractivity contribution in [2.75, 3.05) is 12.4 Å². The molecule has 1 heterocycles. The second-order valence-electron chi connectivity index (χ2n) is 6.62. The molecule has 2 N–H and O–H groups in total. The highest BCUT2D eigenvalue weighted by Crippen LogP contribution is 2.25. The van der Waals surface area contributed by atoms with Crippen LogP contribution in [0.5, 0.6) is 5.75 Å². The summed E-state index contributed by atoms with van der Waals surface area (Å²) in [6, 6.07) is 14.9. The summed E-state index contributed by atoms with van der Waals surface area (Å²) in [7, 11) is 1.55. The molecule has 0 aliphatic carbocycles. The van der Waals surface area contributed by atoms with Crippen LogP contribution in [0.4, 0.5) is 10.5 Å². The number of nitrogens with one attached hydrogen (secondary N) is 2. The SMILES string of the molecule is COc1cccc(NC(=O)CCC2NC(=O)N(C(C)c3ccccc3)C2=O)c1. The van der Waals surface area contributed by atoms with E-state index in [-0.39, 0.29) is 30.7 Å². The van der Waals surface area contributed by atoms with Crippen LogP contribution in [0.1, 0.15) is 31.4 Å². The normalized spacial score (nSPS) is 17.2. The summed E-state index contributed by atoms with van der Waals surface area (Å²) in [4.78, 5) is 38.4. The molecular weight excluding hydrogens is 358 g/mol. The van der Waals surface area contributed by atoms with Crippen molar-refractivity contribution in [2.24, 2.45) is 0 Å². The van der Waals surface area contributed by atoms with Gasteiger partial charge in [0.25, 0.3) is 5.91 Å². The molecule has 7 nitrogen and oxygen atoms in total. The summed E-state index contributed by atoms with van der Waals surface area (Å²) in [6.45, 7) is 1.81. The molecule has 2 unspecified atom stereocenters. The molecule has 0 bridgehead atoms. The van der Waals surface area contributed by atoms with Crippen molar-refractivity contribution < 1.29 is 19.1 Å². The molecule has 2 aromatic rings. The molecule has 1 aliphatic rings. The predicted molar refractivity (Wildman–Crippen MR) is 105 cm³/mol. The van der Waals surface area contributed by atoms with Crippen molar-refractivity contribution in [1.82, 2.24) is 10.2 Å². The quantitative estimate of drug-likeness (QED) is 0.722. The second-order valence-corrected chi connectivity index (χ2v) is 6.62. The third-order valence-electron chi connectivity index (χ3n) is 4.73. The lowest BCUT2D eigenvalue weighted by molar-refractivity contribution is -0.129. The van der Waals surface area contributed by atoms with E-state index >= 15 is 0 Å². The van der Waals surface area contributed by atoms with Crippen LogP contribution >= 0.6 is 0 Å². The van der Waals surface area contributed by atoms with Crippen molar-refractivity contribution in [3.63, 3.8) is 0 Å². The Hall–Kier alpha value is -3.35. The van der Waals surface area contributed by atoms with Gasteiger partial charge in [0.1, 0.15) is 11.8 Å². The first kappa shape index (κ1) is 19.4. The molecule has 4 amide bonds. The Balaban J connectivity index is 1.57. The summed E-state index contributed by atoms with van der Waals surface area (Å²) in [6.07, 6.45) is 0.347. The maximum Gasteiger partial charge on any atom is 0.325 e. The Morgan fingerprint density at radius 3 is 2.64 bits per heavy atom. The van der Waals surface area contributed by atoms with Crippen molar-refractivity contribution in [1.29, 1.82) is 0 Å². The van der Waals surface area contributed by atoms with Gasteiger partial charge in [-0.25, -0.2) is 4.79 Å². The highest BCUT2D eigenvalue weighted by Gasteiger charge is 2.40. The molecule has 1 fully saturated rings. The van der Waals surface area contributed by atoms with Gasteiger partial charge in [0, 0.05) is 18.2 Å². The summed E-state index contributed by atoms with van der Waals surface area (Å²) in [5.74, 6) is 0.0990. The number of benzene rings is 2. The van der Waals surface area contributed by atoms with Gasteiger partial charge >= 0.3 is 6.03 Å². The van der Waals surface area contributed by atoms with Crippen LogP contribution in [0.25, 0.3) is 0 Å². The average Bonchev–Trinajstić information content (AvgIpc) is 3.00. The summed E-state index contributed by atoms with van der Waals surface area (Å²) >= 11 is 0. The predicted octanol–water partition coefficient (Wildman–Crippen LogP) is 3.10. The average molecular weight is 381 g/mol. The lowest BCUT2D eigenvalue weighted by Gasteiger charge is -2.21. The van der Waals surface area contributed by atoms with Gasteiger partial charge in [-0.3, -0.25) is 14.5 Å². The molecule has 28 heavy (non-hydrogen) atoms. The molecule has 1 saturated heterocycles. The number of urea groups is 1. The zero-order chi connectivity index (χ0) is 20.1. The molecule has 7 heteroatoms. The number of methoxy groups -OCH3 is 1. The fraction of sp³-hybridized carbons (Fsp3) is 0.286. The maximum atomic E-state index is 12.7. The van der Waals surface area contributed by atoms with Gasteiger partial charge in [0.2, 0.25) is 5.91 Å². The van der Waals surface area contributed by atoms with Gasteiger partial charge in [0.05, 0.1) is 13.2 Å². The highest BCUT2D eigenvalue weighted by atomic mass is 16.5. The van der Waals surface area contributed by atoms with E-state index in [1.54, 1.807) is 31.4 Å². The van der Waals surface area contributed by atoms with Gasteiger partial charge in [-0.1, -0.05) is 36.4 Å². The van der Waals surface area contributed by atoms with Gasteiger partial charge < -0.3 is 15.4 Å². The van der Waals surface area contributed by atoms with E-state index < -0.39 is 12.1 Å². The maximum absolute atomic E-state index is 12.7. The highest BCUT2D eigenvalue weighted by molar-refractivity contribution is 6.05. The number of amides is 4. The Kier molecular flexibility index (Phi) is 5.93. The van der Waals surface area contributed by atoms with Crippen LogP contribution in [0, 0.1) is 0 Å². The van der Waals surface area contributed by atoms with E-state index in [1.807, 2.05) is 37.3 Å². The van der Waals surface area contributed by atoms with Crippen LogP contribution in [0.3, 0.4) is 0 Å². The number of hydrogen-bond acceptors (Lipinski definition) is 4. The van der Waals surface area contributed by atoms with E-state index in [1.165, 1.54) is 4.90 Å². The zero-order valence-corrected chi connectivity index (χ0v) is 15.8. The minimum Gasteiger partial charge on any atom is -0.497 e. The number of carbonyl (C=O) groups excluding carboxylic acids is 3. The van der Waals surface area contributed by atoms with E-state index in [0.29, 0.717) is 11.4 Å². The van der Waals surface area contributed by atoms with E-state index in [9.17, 15) is 14.4 Å². The molecule has 0 spiro atoms. The molecule has 0 aromatic heterocycles. The molecular formula is C21H23N3O4. The summed E-state index contributed by atoms with van der Waals surface area (Å²) in [5.41, 5.74) is 1.49. The summed E-state index contributed by atoms with van der Waals surface area (Å²) < 4.78 is 5.13. The van der Waals surface area contributed by atoms with Crippen LogP contribution in [-0.2, 0) is 9.59 Å². The minimum atomic E-state index is -0.699. The molecule has 146 valence electrons. The van der Waals surface area contributed by atoms with E-state index in [0.717, 1.165) is 5.56 Å². The van der Waals surface area contributed by atoms with E-state index in [2.05, 4.69) is 10.6 Å². The molecule has 0 radical (unpaired) electrons. The number of carbonyl (C=O) groups is 3. The number of rotatable bonds is 7. The van der Waals surface area contributed by atoms with Crippen LogP contribution < -0.4 is 15.4 Å². The van der Waals surface area contributed by atoms with Crippen LogP contribution in [0.2, 0.25) is 0 Å².